The molecule has 3 aromatic rings. The van der Waals surface area contributed by atoms with Crippen LogP contribution in [-0.2, 0) is 19.6 Å². The highest BCUT2D eigenvalue weighted by atomic mass is 79.9. The molecule has 0 spiro atoms. The average molecular weight is 454 g/mol. The summed E-state index contributed by atoms with van der Waals surface area (Å²) in [6, 6.07) is 25.2. The largest absolute Gasteiger partial charge is 0.493 e. The first-order valence-corrected chi connectivity index (χ1v) is 10.8. The third-order valence-corrected chi connectivity index (χ3v) is 5.35. The van der Waals surface area contributed by atoms with Gasteiger partial charge in [0.15, 0.2) is 11.5 Å². The Morgan fingerprint density at radius 3 is 2.24 bits per heavy atom. The lowest BCUT2D eigenvalue weighted by Crippen LogP contribution is -2.26. The molecule has 0 aliphatic carbocycles. The third-order valence-electron chi connectivity index (χ3n) is 4.89. The molecule has 0 heterocycles. The summed E-state index contributed by atoms with van der Waals surface area (Å²) in [7, 11) is 1.68. The molecular weight excluding hydrogens is 426 g/mol. The molecule has 152 valence electrons. The van der Waals surface area contributed by atoms with Crippen molar-refractivity contribution in [2.24, 2.45) is 0 Å². The first kappa shape index (κ1) is 21.4. The van der Waals surface area contributed by atoms with Gasteiger partial charge in [-0.25, -0.2) is 0 Å². The topological polar surface area (TPSA) is 30.5 Å². The van der Waals surface area contributed by atoms with Gasteiger partial charge in [-0.15, -0.1) is 0 Å². The molecule has 0 bridgehead atoms. The lowest BCUT2D eigenvalue weighted by molar-refractivity contribution is 0.280. The van der Waals surface area contributed by atoms with Gasteiger partial charge >= 0.3 is 0 Å². The molecular formula is C25H28BrNO2. The van der Waals surface area contributed by atoms with Gasteiger partial charge in [0.1, 0.15) is 6.61 Å². The minimum atomic E-state index is 0.391. The Morgan fingerprint density at radius 2 is 1.59 bits per heavy atom. The van der Waals surface area contributed by atoms with Gasteiger partial charge in [-0.1, -0.05) is 76.6 Å². The SMILES string of the molecule is COc1cc(Br)cc(CN[C@H](C)CCc2ccccc2)c1OCc1ccccc1. The molecule has 0 fully saturated rings. The van der Waals surface area contributed by atoms with Crippen molar-refractivity contribution < 1.29 is 9.47 Å². The van der Waals surface area contributed by atoms with Crippen LogP contribution in [0.15, 0.2) is 77.3 Å². The third kappa shape index (κ3) is 6.62. The first-order valence-electron chi connectivity index (χ1n) is 9.96. The van der Waals surface area contributed by atoms with E-state index < -0.39 is 0 Å². The van der Waals surface area contributed by atoms with Crippen LogP contribution in [0.2, 0.25) is 0 Å². The number of hydrogen-bond donors (Lipinski definition) is 1. The Morgan fingerprint density at radius 1 is 0.931 bits per heavy atom. The van der Waals surface area contributed by atoms with Crippen molar-refractivity contribution in [3.05, 3.63) is 94.0 Å². The molecule has 1 N–H and O–H groups in total. The molecule has 0 aromatic heterocycles. The van der Waals surface area contributed by atoms with E-state index >= 15 is 0 Å². The second kappa shape index (κ2) is 11.0. The Labute approximate surface area is 182 Å². The molecule has 29 heavy (non-hydrogen) atoms. The minimum absolute atomic E-state index is 0.391. The average Bonchev–Trinajstić information content (AvgIpc) is 2.76. The van der Waals surface area contributed by atoms with E-state index in [0.717, 1.165) is 46.5 Å². The van der Waals surface area contributed by atoms with E-state index in [9.17, 15) is 0 Å². The first-order chi connectivity index (χ1) is 14.2. The van der Waals surface area contributed by atoms with Crippen molar-refractivity contribution in [1.29, 1.82) is 0 Å². The number of ether oxygens (including phenoxy) is 2. The molecule has 3 rings (SSSR count). The van der Waals surface area contributed by atoms with E-state index in [1.807, 2.05) is 24.3 Å². The summed E-state index contributed by atoms with van der Waals surface area (Å²) in [5, 5.41) is 3.63. The van der Waals surface area contributed by atoms with Crippen LogP contribution < -0.4 is 14.8 Å². The van der Waals surface area contributed by atoms with Gasteiger partial charge < -0.3 is 14.8 Å². The fourth-order valence-corrected chi connectivity index (χ4v) is 3.70. The zero-order valence-corrected chi connectivity index (χ0v) is 18.6. The fourth-order valence-electron chi connectivity index (χ4n) is 3.21. The number of halogens is 1. The molecule has 0 radical (unpaired) electrons. The molecule has 0 unspecified atom stereocenters. The van der Waals surface area contributed by atoms with Gasteiger partial charge in [0.25, 0.3) is 0 Å². The summed E-state index contributed by atoms with van der Waals surface area (Å²) < 4.78 is 12.7. The highest BCUT2D eigenvalue weighted by molar-refractivity contribution is 9.10. The summed E-state index contributed by atoms with van der Waals surface area (Å²) in [5.74, 6) is 1.53. The van der Waals surface area contributed by atoms with Crippen LogP contribution in [0.5, 0.6) is 11.5 Å². The number of methoxy groups -OCH3 is 1. The van der Waals surface area contributed by atoms with E-state index in [-0.39, 0.29) is 0 Å². The Balaban J connectivity index is 1.64. The monoisotopic (exact) mass is 453 g/mol. The van der Waals surface area contributed by atoms with Crippen molar-refractivity contribution in [2.75, 3.05) is 7.11 Å². The van der Waals surface area contributed by atoms with Crippen molar-refractivity contribution in [3.63, 3.8) is 0 Å². The van der Waals surface area contributed by atoms with Crippen LogP contribution in [0.3, 0.4) is 0 Å². The normalized spacial score (nSPS) is 11.8. The summed E-state index contributed by atoms with van der Waals surface area (Å²) in [5.41, 5.74) is 3.59. The lowest BCUT2D eigenvalue weighted by atomic mass is 10.1. The number of benzene rings is 3. The highest BCUT2D eigenvalue weighted by Gasteiger charge is 2.14. The van der Waals surface area contributed by atoms with Crippen LogP contribution in [0.25, 0.3) is 0 Å². The van der Waals surface area contributed by atoms with Gasteiger partial charge in [0, 0.05) is 22.6 Å². The predicted molar refractivity (Wildman–Crippen MR) is 123 cm³/mol. The Kier molecular flexibility index (Phi) is 8.14. The molecule has 0 aliphatic heterocycles. The van der Waals surface area contributed by atoms with E-state index in [1.165, 1.54) is 5.56 Å². The maximum Gasteiger partial charge on any atom is 0.166 e. The molecule has 3 nitrogen and oxygen atoms in total. The molecule has 0 amide bonds. The Hall–Kier alpha value is -2.30. The van der Waals surface area contributed by atoms with Crippen LogP contribution in [0, 0.1) is 0 Å². The number of nitrogens with one attached hydrogen (secondary N) is 1. The van der Waals surface area contributed by atoms with Crippen molar-refractivity contribution in [1.82, 2.24) is 5.32 Å². The minimum Gasteiger partial charge on any atom is -0.493 e. The summed E-state index contributed by atoms with van der Waals surface area (Å²) in [6.07, 6.45) is 2.14. The van der Waals surface area contributed by atoms with Crippen molar-refractivity contribution in [3.8, 4) is 11.5 Å². The van der Waals surface area contributed by atoms with E-state index in [1.54, 1.807) is 7.11 Å². The summed E-state index contributed by atoms with van der Waals surface area (Å²) in [4.78, 5) is 0. The lowest BCUT2D eigenvalue weighted by Gasteiger charge is -2.19. The van der Waals surface area contributed by atoms with Gasteiger partial charge in [-0.3, -0.25) is 0 Å². The predicted octanol–water partition coefficient (Wildman–Crippen LogP) is 6.15. The second-order valence-corrected chi connectivity index (χ2v) is 8.09. The van der Waals surface area contributed by atoms with Gasteiger partial charge in [-0.2, -0.15) is 0 Å². The molecule has 0 saturated heterocycles. The Bertz CT molecular complexity index is 884. The summed E-state index contributed by atoms with van der Waals surface area (Å²) >= 11 is 3.59. The zero-order chi connectivity index (χ0) is 20.5. The second-order valence-electron chi connectivity index (χ2n) is 7.18. The van der Waals surface area contributed by atoms with Crippen LogP contribution in [-0.4, -0.2) is 13.2 Å². The van der Waals surface area contributed by atoms with Crippen LogP contribution in [0.1, 0.15) is 30.0 Å². The maximum absolute atomic E-state index is 6.18. The fraction of sp³-hybridized carbons (Fsp3) is 0.280. The summed E-state index contributed by atoms with van der Waals surface area (Å²) in [6.45, 7) is 3.45. The zero-order valence-electron chi connectivity index (χ0n) is 17.0. The van der Waals surface area contributed by atoms with Gasteiger partial charge in [0.05, 0.1) is 7.11 Å². The van der Waals surface area contributed by atoms with Crippen molar-refractivity contribution >= 4 is 15.9 Å². The molecule has 1 atom stereocenters. The maximum atomic E-state index is 6.18. The van der Waals surface area contributed by atoms with Crippen LogP contribution >= 0.6 is 15.9 Å². The smallest absolute Gasteiger partial charge is 0.166 e. The highest BCUT2D eigenvalue weighted by Crippen LogP contribution is 2.35. The van der Waals surface area contributed by atoms with E-state index in [4.69, 9.17) is 9.47 Å². The molecule has 0 saturated carbocycles. The quantitative estimate of drug-likeness (QED) is 0.399. The van der Waals surface area contributed by atoms with Gasteiger partial charge in [-0.05, 0) is 43.0 Å². The number of hydrogen-bond acceptors (Lipinski definition) is 3. The van der Waals surface area contributed by atoms with Crippen molar-refractivity contribution in [2.45, 2.75) is 39.0 Å². The molecule has 3 aromatic carbocycles. The number of aryl methyl sites for hydroxylation is 1. The van der Waals surface area contributed by atoms with Crippen LogP contribution in [0.4, 0.5) is 0 Å². The van der Waals surface area contributed by atoms with E-state index in [2.05, 4.69) is 76.7 Å². The molecule has 4 heteroatoms. The van der Waals surface area contributed by atoms with E-state index in [0.29, 0.717) is 12.6 Å². The standard InChI is InChI=1S/C25H28BrNO2/c1-19(13-14-20-9-5-3-6-10-20)27-17-22-15-23(26)16-24(28-2)25(22)29-18-21-11-7-4-8-12-21/h3-12,15-16,19,27H,13-14,17-18H2,1-2H3/t19-/m1/s1. The molecule has 0 aliphatic rings. The number of rotatable bonds is 10. The van der Waals surface area contributed by atoms with Gasteiger partial charge in [0.2, 0.25) is 0 Å².